The molecule has 0 saturated heterocycles. The highest BCUT2D eigenvalue weighted by atomic mass is 35.5. The molecule has 0 spiro atoms. The number of alkyl halides is 3. The summed E-state index contributed by atoms with van der Waals surface area (Å²) in [5.74, 6) is -1.44. The average molecular weight is 243 g/mol. The molecule has 0 amide bonds. The molecule has 6 heteroatoms. The van der Waals surface area contributed by atoms with Gasteiger partial charge >= 0.3 is 6.18 Å². The Balaban J connectivity index is 3.23. The second-order valence-electron chi connectivity index (χ2n) is 2.70. The second kappa shape index (κ2) is 4.26. The minimum Gasteiger partial charge on any atom is -0.492 e. The molecular weight excluding hydrogens is 236 g/mol. The molecule has 0 N–H and O–H groups in total. The van der Waals surface area contributed by atoms with Crippen molar-refractivity contribution in [2.75, 3.05) is 6.61 Å². The number of rotatable bonds is 2. The van der Waals surface area contributed by atoms with Crippen LogP contribution >= 0.6 is 11.6 Å². The smallest absolute Gasteiger partial charge is 0.416 e. The zero-order valence-corrected chi connectivity index (χ0v) is 8.42. The molecule has 0 heterocycles. The summed E-state index contributed by atoms with van der Waals surface area (Å²) in [6.45, 7) is 1.68. The first-order valence-corrected chi connectivity index (χ1v) is 4.43. The zero-order chi connectivity index (χ0) is 11.6. The van der Waals surface area contributed by atoms with Gasteiger partial charge in [0.2, 0.25) is 0 Å². The lowest BCUT2D eigenvalue weighted by Gasteiger charge is -2.11. The molecule has 0 atom stereocenters. The summed E-state index contributed by atoms with van der Waals surface area (Å²) < 4.78 is 54.5. The topological polar surface area (TPSA) is 9.23 Å². The van der Waals surface area contributed by atoms with Gasteiger partial charge < -0.3 is 4.74 Å². The van der Waals surface area contributed by atoms with Gasteiger partial charge in [0.1, 0.15) is 16.6 Å². The van der Waals surface area contributed by atoms with Crippen molar-refractivity contribution in [3.8, 4) is 5.75 Å². The zero-order valence-electron chi connectivity index (χ0n) is 7.66. The fourth-order valence-corrected chi connectivity index (χ4v) is 1.15. The molecule has 0 bridgehead atoms. The van der Waals surface area contributed by atoms with E-state index in [-0.39, 0.29) is 12.4 Å². The molecule has 84 valence electrons. The van der Waals surface area contributed by atoms with E-state index in [9.17, 15) is 17.6 Å². The maximum Gasteiger partial charge on any atom is 0.416 e. The average Bonchev–Trinajstić information content (AvgIpc) is 2.11. The third kappa shape index (κ3) is 2.75. The molecule has 1 rings (SSSR count). The molecule has 0 radical (unpaired) electrons. The Morgan fingerprint density at radius 1 is 1.33 bits per heavy atom. The SMILES string of the molecule is CCOc1cc(C(F)(F)F)cc(F)c1Cl. The molecule has 0 aromatic heterocycles. The van der Waals surface area contributed by atoms with E-state index >= 15 is 0 Å². The summed E-state index contributed by atoms with van der Waals surface area (Å²) in [5, 5.41) is -0.440. The van der Waals surface area contributed by atoms with Crippen LogP contribution < -0.4 is 4.74 Å². The first-order valence-electron chi connectivity index (χ1n) is 4.05. The Hall–Kier alpha value is -0.970. The van der Waals surface area contributed by atoms with Crippen LogP contribution in [0.3, 0.4) is 0 Å². The molecule has 15 heavy (non-hydrogen) atoms. The largest absolute Gasteiger partial charge is 0.492 e. The van der Waals surface area contributed by atoms with Crippen LogP contribution in [0.25, 0.3) is 0 Å². The molecule has 0 saturated carbocycles. The van der Waals surface area contributed by atoms with Crippen LogP contribution in [-0.2, 0) is 6.18 Å². The highest BCUT2D eigenvalue weighted by Crippen LogP contribution is 2.36. The fraction of sp³-hybridized carbons (Fsp3) is 0.333. The van der Waals surface area contributed by atoms with E-state index in [0.29, 0.717) is 12.1 Å². The minimum absolute atomic E-state index is 0.112. The Kier molecular flexibility index (Phi) is 3.44. The lowest BCUT2D eigenvalue weighted by atomic mass is 10.2. The summed E-state index contributed by atoms with van der Waals surface area (Å²) in [6.07, 6.45) is -4.61. The van der Waals surface area contributed by atoms with E-state index in [0.717, 1.165) is 0 Å². The van der Waals surface area contributed by atoms with Crippen molar-refractivity contribution in [2.24, 2.45) is 0 Å². The number of hydrogen-bond acceptors (Lipinski definition) is 1. The van der Waals surface area contributed by atoms with E-state index < -0.39 is 22.6 Å². The van der Waals surface area contributed by atoms with E-state index in [1.54, 1.807) is 6.92 Å². The fourth-order valence-electron chi connectivity index (χ4n) is 0.988. The summed E-state index contributed by atoms with van der Waals surface area (Å²) >= 11 is 5.43. The Labute approximate surface area is 88.6 Å². The van der Waals surface area contributed by atoms with Gasteiger partial charge in [0.05, 0.1) is 12.2 Å². The molecule has 0 aliphatic rings. The van der Waals surface area contributed by atoms with Crippen molar-refractivity contribution in [1.82, 2.24) is 0 Å². The van der Waals surface area contributed by atoms with Gasteiger partial charge in [-0.15, -0.1) is 0 Å². The first kappa shape index (κ1) is 12.1. The van der Waals surface area contributed by atoms with Gasteiger partial charge in [0, 0.05) is 0 Å². The van der Waals surface area contributed by atoms with Crippen LogP contribution in [0.1, 0.15) is 12.5 Å². The second-order valence-corrected chi connectivity index (χ2v) is 3.08. The van der Waals surface area contributed by atoms with Crippen LogP contribution in [0.4, 0.5) is 17.6 Å². The number of benzene rings is 1. The molecule has 0 aliphatic heterocycles. The van der Waals surface area contributed by atoms with Crippen LogP contribution in [0.5, 0.6) is 5.75 Å². The molecule has 0 aliphatic carbocycles. The Morgan fingerprint density at radius 3 is 2.40 bits per heavy atom. The predicted molar refractivity (Wildman–Crippen MR) is 47.6 cm³/mol. The lowest BCUT2D eigenvalue weighted by Crippen LogP contribution is -2.06. The summed E-state index contributed by atoms with van der Waals surface area (Å²) in [4.78, 5) is 0. The molecule has 0 unspecified atom stereocenters. The Morgan fingerprint density at radius 2 is 1.93 bits per heavy atom. The maximum atomic E-state index is 13.0. The van der Waals surface area contributed by atoms with Gasteiger partial charge in [-0.05, 0) is 19.1 Å². The summed E-state index contributed by atoms with van der Waals surface area (Å²) in [6, 6.07) is 1.01. The molecule has 1 aromatic rings. The summed E-state index contributed by atoms with van der Waals surface area (Å²) in [7, 11) is 0. The monoisotopic (exact) mass is 242 g/mol. The van der Waals surface area contributed by atoms with Crippen molar-refractivity contribution in [3.05, 3.63) is 28.5 Å². The van der Waals surface area contributed by atoms with Gasteiger partial charge in [0.25, 0.3) is 0 Å². The van der Waals surface area contributed by atoms with Gasteiger partial charge in [-0.1, -0.05) is 11.6 Å². The summed E-state index contributed by atoms with van der Waals surface area (Å²) in [5.41, 5.74) is -1.12. The molecule has 1 nitrogen and oxygen atoms in total. The molecule has 0 fully saturated rings. The van der Waals surface area contributed by atoms with Crippen LogP contribution in [0.15, 0.2) is 12.1 Å². The van der Waals surface area contributed by atoms with Crippen molar-refractivity contribution in [3.63, 3.8) is 0 Å². The lowest BCUT2D eigenvalue weighted by molar-refractivity contribution is -0.137. The third-order valence-corrected chi connectivity index (χ3v) is 1.99. The Bertz CT molecular complexity index is 362. The van der Waals surface area contributed by atoms with Gasteiger partial charge in [-0.3, -0.25) is 0 Å². The van der Waals surface area contributed by atoms with Crippen LogP contribution in [-0.4, -0.2) is 6.61 Å². The minimum atomic E-state index is -4.61. The van der Waals surface area contributed by atoms with Crippen molar-refractivity contribution >= 4 is 11.6 Å². The number of hydrogen-bond donors (Lipinski definition) is 0. The number of ether oxygens (including phenoxy) is 1. The van der Waals surface area contributed by atoms with Crippen molar-refractivity contribution < 1.29 is 22.3 Å². The highest BCUT2D eigenvalue weighted by Gasteiger charge is 2.32. The molecular formula is C9H7ClF4O. The van der Waals surface area contributed by atoms with Crippen LogP contribution in [0, 0.1) is 5.82 Å². The van der Waals surface area contributed by atoms with Gasteiger partial charge in [-0.2, -0.15) is 13.2 Å². The van der Waals surface area contributed by atoms with E-state index in [2.05, 4.69) is 0 Å². The maximum absolute atomic E-state index is 13.0. The predicted octanol–water partition coefficient (Wildman–Crippen LogP) is 3.90. The normalized spacial score (nSPS) is 11.6. The van der Waals surface area contributed by atoms with Gasteiger partial charge in [-0.25, -0.2) is 4.39 Å². The highest BCUT2D eigenvalue weighted by molar-refractivity contribution is 6.32. The third-order valence-electron chi connectivity index (χ3n) is 1.62. The van der Waals surface area contributed by atoms with Crippen molar-refractivity contribution in [1.29, 1.82) is 0 Å². The standard InChI is InChI=1S/C9H7ClF4O/c1-2-15-7-4-5(9(12,13)14)3-6(11)8(7)10/h3-4H,2H2,1H3. The van der Waals surface area contributed by atoms with E-state index in [4.69, 9.17) is 16.3 Å². The van der Waals surface area contributed by atoms with Gasteiger partial charge in [0.15, 0.2) is 0 Å². The van der Waals surface area contributed by atoms with E-state index in [1.807, 2.05) is 0 Å². The first-order chi connectivity index (χ1) is 6.86. The quantitative estimate of drug-likeness (QED) is 0.715. The van der Waals surface area contributed by atoms with E-state index in [1.165, 1.54) is 0 Å². The van der Waals surface area contributed by atoms with Crippen LogP contribution in [0.2, 0.25) is 5.02 Å². The number of halogens is 5. The van der Waals surface area contributed by atoms with Crippen molar-refractivity contribution in [2.45, 2.75) is 13.1 Å². The molecule has 1 aromatic carbocycles.